The van der Waals surface area contributed by atoms with E-state index in [9.17, 15) is 4.79 Å². The van der Waals surface area contributed by atoms with Crippen molar-refractivity contribution in [1.82, 2.24) is 21.5 Å². The third kappa shape index (κ3) is 4.74. The molecule has 4 N–H and O–H groups in total. The molecule has 8 heteroatoms. The maximum Gasteiger partial charge on any atom is 0.239 e. The van der Waals surface area contributed by atoms with Crippen molar-refractivity contribution in [3.63, 3.8) is 0 Å². The summed E-state index contributed by atoms with van der Waals surface area (Å²) in [5, 5.41) is 6.95. The topological polar surface area (TPSA) is 74.4 Å². The van der Waals surface area contributed by atoms with Gasteiger partial charge in [0, 0.05) is 23.5 Å². The highest BCUT2D eigenvalue weighted by Gasteiger charge is 2.40. The number of carbonyl (C=O) groups excluding carboxylic acids is 1. The van der Waals surface area contributed by atoms with E-state index in [2.05, 4.69) is 21.5 Å². The minimum atomic E-state index is -0.203. The van der Waals surface area contributed by atoms with Crippen LogP contribution in [0, 0.1) is 5.92 Å². The zero-order chi connectivity index (χ0) is 16.2. The van der Waals surface area contributed by atoms with Crippen molar-refractivity contribution in [2.45, 2.75) is 31.5 Å². The van der Waals surface area contributed by atoms with Crippen LogP contribution >= 0.6 is 24.0 Å². The average Bonchev–Trinajstić information content (AvgIpc) is 2.97. The molecule has 2 aliphatic heterocycles. The molecule has 6 nitrogen and oxygen atoms in total. The van der Waals surface area contributed by atoms with Gasteiger partial charge in [-0.3, -0.25) is 10.2 Å². The number of rotatable bonds is 5. The molecule has 0 bridgehead atoms. The van der Waals surface area contributed by atoms with Crippen molar-refractivity contribution in [3.8, 4) is 5.75 Å². The second-order valence-corrected chi connectivity index (χ2v) is 6.60. The molecular formula is C16H24Cl2N4O2. The fraction of sp³-hybridized carbons (Fsp3) is 0.562. The second kappa shape index (κ2) is 8.87. The lowest BCUT2D eigenvalue weighted by Gasteiger charge is -2.27. The van der Waals surface area contributed by atoms with E-state index in [1.165, 1.54) is 0 Å². The van der Waals surface area contributed by atoms with E-state index in [4.69, 9.17) is 16.3 Å². The Labute approximate surface area is 153 Å². The highest BCUT2D eigenvalue weighted by molar-refractivity contribution is 6.30. The number of hydrazine groups is 1. The molecule has 0 aliphatic carbocycles. The summed E-state index contributed by atoms with van der Waals surface area (Å²) >= 11 is 5.94. The maximum absolute atomic E-state index is 12.4. The van der Waals surface area contributed by atoms with Crippen LogP contribution in [0.4, 0.5) is 0 Å². The standard InChI is InChI=1S/C16H23ClN4O2.ClH/c1-10(23-12-4-2-3-11(17)7-12)8-19-16(22)15-13-9-18-6-5-14(13)20-21-15;/h2-4,7,10,13-15,18,20-21H,5-6,8-9H2,1H3,(H,19,22);1H. The van der Waals surface area contributed by atoms with Gasteiger partial charge in [-0.15, -0.1) is 12.4 Å². The van der Waals surface area contributed by atoms with Gasteiger partial charge in [0.1, 0.15) is 17.9 Å². The predicted octanol–water partition coefficient (Wildman–Crippen LogP) is 1.10. The van der Waals surface area contributed by atoms with Crippen LogP contribution in [0.2, 0.25) is 5.02 Å². The largest absolute Gasteiger partial charge is 0.489 e. The van der Waals surface area contributed by atoms with Crippen LogP contribution in [0.15, 0.2) is 24.3 Å². The lowest BCUT2D eigenvalue weighted by molar-refractivity contribution is -0.124. The molecule has 24 heavy (non-hydrogen) atoms. The van der Waals surface area contributed by atoms with Gasteiger partial charge < -0.3 is 15.4 Å². The Kier molecular flexibility index (Phi) is 7.13. The number of nitrogens with one attached hydrogen (secondary N) is 4. The van der Waals surface area contributed by atoms with Crippen LogP contribution < -0.4 is 26.2 Å². The first-order valence-corrected chi connectivity index (χ1v) is 8.43. The fourth-order valence-corrected chi connectivity index (χ4v) is 3.32. The summed E-state index contributed by atoms with van der Waals surface area (Å²) in [6.45, 7) is 4.23. The van der Waals surface area contributed by atoms with Gasteiger partial charge in [-0.1, -0.05) is 17.7 Å². The molecule has 2 aliphatic rings. The van der Waals surface area contributed by atoms with Crippen molar-refractivity contribution in [2.75, 3.05) is 19.6 Å². The predicted molar refractivity (Wildman–Crippen MR) is 96.6 cm³/mol. The van der Waals surface area contributed by atoms with Gasteiger partial charge in [-0.25, -0.2) is 5.43 Å². The smallest absolute Gasteiger partial charge is 0.239 e. The number of carbonyl (C=O) groups is 1. The minimum Gasteiger partial charge on any atom is -0.489 e. The molecule has 2 heterocycles. The Morgan fingerprint density at radius 2 is 2.29 bits per heavy atom. The SMILES string of the molecule is CC(CNC(=O)C1NNC2CCNCC21)Oc1cccc(Cl)c1.Cl. The van der Waals surface area contributed by atoms with Gasteiger partial charge in [0.2, 0.25) is 5.91 Å². The van der Waals surface area contributed by atoms with Crippen LogP contribution in [0.3, 0.4) is 0 Å². The van der Waals surface area contributed by atoms with Gasteiger partial charge in [0.05, 0.1) is 6.54 Å². The zero-order valence-electron chi connectivity index (χ0n) is 13.5. The van der Waals surface area contributed by atoms with E-state index in [-0.39, 0.29) is 36.4 Å². The van der Waals surface area contributed by atoms with Crippen molar-refractivity contribution < 1.29 is 9.53 Å². The lowest BCUT2D eigenvalue weighted by Crippen LogP contribution is -2.50. The van der Waals surface area contributed by atoms with Gasteiger partial charge >= 0.3 is 0 Å². The number of fused-ring (bicyclic) bond motifs is 1. The third-order valence-electron chi connectivity index (χ3n) is 4.36. The lowest BCUT2D eigenvalue weighted by atomic mass is 9.89. The number of amides is 1. The average molecular weight is 375 g/mol. The monoisotopic (exact) mass is 374 g/mol. The van der Waals surface area contributed by atoms with Crippen molar-refractivity contribution in [1.29, 1.82) is 0 Å². The molecule has 2 saturated heterocycles. The van der Waals surface area contributed by atoms with Gasteiger partial charge in [-0.2, -0.15) is 0 Å². The zero-order valence-corrected chi connectivity index (χ0v) is 15.1. The summed E-state index contributed by atoms with van der Waals surface area (Å²) in [5.74, 6) is 1.000. The first-order valence-electron chi connectivity index (χ1n) is 8.05. The van der Waals surface area contributed by atoms with Crippen LogP contribution in [-0.2, 0) is 4.79 Å². The summed E-state index contributed by atoms with van der Waals surface area (Å²) < 4.78 is 5.77. The number of piperidine rings is 1. The summed E-state index contributed by atoms with van der Waals surface area (Å²) in [5.41, 5.74) is 6.35. The van der Waals surface area contributed by atoms with E-state index in [1.54, 1.807) is 12.1 Å². The third-order valence-corrected chi connectivity index (χ3v) is 4.60. The summed E-state index contributed by atoms with van der Waals surface area (Å²) in [4.78, 5) is 12.4. The van der Waals surface area contributed by atoms with E-state index < -0.39 is 0 Å². The summed E-state index contributed by atoms with van der Waals surface area (Å²) in [6.07, 6.45) is 0.905. The summed E-state index contributed by atoms with van der Waals surface area (Å²) in [6, 6.07) is 7.42. The van der Waals surface area contributed by atoms with Crippen LogP contribution in [0.1, 0.15) is 13.3 Å². The Bertz CT molecular complexity index is 561. The second-order valence-electron chi connectivity index (χ2n) is 6.16. The normalized spacial score (nSPS) is 26.8. The van der Waals surface area contributed by atoms with E-state index in [0.717, 1.165) is 19.5 Å². The molecule has 0 spiro atoms. The molecule has 2 fully saturated rings. The number of hydrogen-bond acceptors (Lipinski definition) is 5. The highest BCUT2D eigenvalue weighted by Crippen LogP contribution is 2.20. The van der Waals surface area contributed by atoms with E-state index >= 15 is 0 Å². The van der Waals surface area contributed by atoms with Crippen LogP contribution in [0.5, 0.6) is 5.75 Å². The Morgan fingerprint density at radius 1 is 1.46 bits per heavy atom. The first-order chi connectivity index (χ1) is 11.1. The maximum atomic E-state index is 12.4. The number of ether oxygens (including phenoxy) is 1. The highest BCUT2D eigenvalue weighted by atomic mass is 35.5. The van der Waals surface area contributed by atoms with Crippen molar-refractivity contribution in [3.05, 3.63) is 29.3 Å². The fourth-order valence-electron chi connectivity index (χ4n) is 3.14. The molecule has 0 saturated carbocycles. The van der Waals surface area contributed by atoms with Crippen LogP contribution in [-0.4, -0.2) is 43.7 Å². The molecular weight excluding hydrogens is 351 g/mol. The molecule has 1 aromatic carbocycles. The Hall–Kier alpha value is -1.05. The molecule has 0 radical (unpaired) electrons. The molecule has 4 unspecified atom stereocenters. The Morgan fingerprint density at radius 3 is 3.08 bits per heavy atom. The first kappa shape index (κ1) is 19.3. The molecule has 3 rings (SSSR count). The van der Waals surface area contributed by atoms with E-state index in [1.807, 2.05) is 19.1 Å². The quantitative estimate of drug-likeness (QED) is 0.620. The molecule has 134 valence electrons. The Balaban J connectivity index is 0.00000208. The molecule has 1 amide bonds. The van der Waals surface area contributed by atoms with Crippen LogP contribution in [0.25, 0.3) is 0 Å². The molecule has 4 atom stereocenters. The van der Waals surface area contributed by atoms with E-state index in [0.29, 0.717) is 23.4 Å². The number of hydrogen-bond donors (Lipinski definition) is 4. The van der Waals surface area contributed by atoms with Gasteiger partial charge in [-0.05, 0) is 38.1 Å². The van der Waals surface area contributed by atoms with Crippen molar-refractivity contribution >= 4 is 29.9 Å². The molecule has 1 aromatic rings. The summed E-state index contributed by atoms with van der Waals surface area (Å²) in [7, 11) is 0. The molecule has 0 aromatic heterocycles. The minimum absolute atomic E-state index is 0. The number of benzene rings is 1. The van der Waals surface area contributed by atoms with Gasteiger partial charge in [0.15, 0.2) is 0 Å². The van der Waals surface area contributed by atoms with Gasteiger partial charge in [0.25, 0.3) is 0 Å². The van der Waals surface area contributed by atoms with Crippen molar-refractivity contribution in [2.24, 2.45) is 5.92 Å². The number of halogens is 2.